The van der Waals surface area contributed by atoms with Crippen molar-refractivity contribution in [3.63, 3.8) is 0 Å². The molecule has 0 N–H and O–H groups in total. The largest absolute Gasteiger partial charge is 0.120 e. The smallest absolute Gasteiger partial charge is 0.102 e. The Kier molecular flexibility index (Phi) is 3.69. The molecule has 1 atom stereocenters. The third-order valence-corrected chi connectivity index (χ3v) is 7.30. The number of hydrogen-bond donors (Lipinski definition) is 0. The first-order chi connectivity index (χ1) is 8.66. The lowest BCUT2D eigenvalue weighted by molar-refractivity contribution is 1.19. The van der Waals surface area contributed by atoms with E-state index in [0.717, 1.165) is 0 Å². The predicted molar refractivity (Wildman–Crippen MR) is 81.6 cm³/mol. The average molecular weight is 250 g/mol. The Morgan fingerprint density at radius 1 is 0.889 bits per heavy atom. The molecule has 0 aliphatic heterocycles. The van der Waals surface area contributed by atoms with E-state index in [1.165, 1.54) is 10.8 Å². The topological polar surface area (TPSA) is 0 Å². The normalized spacial score (nSPS) is 12.7. The second kappa shape index (κ2) is 5.24. The number of benzene rings is 2. The summed E-state index contributed by atoms with van der Waals surface area (Å²) in [7, 11) is -1.69. The molecule has 0 aliphatic rings. The maximum atomic E-state index is 5.81. The van der Waals surface area contributed by atoms with Crippen molar-refractivity contribution in [2.45, 2.75) is 18.6 Å². The van der Waals surface area contributed by atoms with E-state index in [2.05, 4.69) is 73.6 Å². The van der Waals surface area contributed by atoms with Crippen LogP contribution in [-0.2, 0) is 0 Å². The molecule has 1 unspecified atom stereocenters. The molecule has 90 valence electrons. The van der Waals surface area contributed by atoms with Gasteiger partial charge in [-0.1, -0.05) is 78.9 Å². The van der Waals surface area contributed by atoms with Crippen LogP contribution in [0.5, 0.6) is 0 Å². The van der Waals surface area contributed by atoms with Gasteiger partial charge in [-0.15, -0.1) is 12.3 Å². The zero-order valence-corrected chi connectivity index (χ0v) is 11.9. The maximum Gasteiger partial charge on any atom is 0.102 e. The van der Waals surface area contributed by atoms with E-state index in [-0.39, 0.29) is 5.54 Å². The molecule has 0 bridgehead atoms. The van der Waals surface area contributed by atoms with Gasteiger partial charge in [0.1, 0.15) is 8.07 Å². The molecule has 0 fully saturated rings. The van der Waals surface area contributed by atoms with Crippen LogP contribution in [0.25, 0.3) is 0 Å². The van der Waals surface area contributed by atoms with Crippen molar-refractivity contribution in [3.05, 3.63) is 66.2 Å². The van der Waals surface area contributed by atoms with E-state index in [9.17, 15) is 0 Å². The van der Waals surface area contributed by atoms with Gasteiger partial charge in [-0.05, 0) is 5.56 Å². The van der Waals surface area contributed by atoms with Crippen LogP contribution in [0.1, 0.15) is 11.1 Å². The Hall–Kier alpha value is -1.78. The van der Waals surface area contributed by atoms with E-state index in [1.54, 1.807) is 0 Å². The quantitative estimate of drug-likeness (QED) is 0.577. The van der Waals surface area contributed by atoms with Crippen molar-refractivity contribution >= 4 is 13.3 Å². The van der Waals surface area contributed by atoms with Crippen LogP contribution in [0.3, 0.4) is 0 Å². The van der Waals surface area contributed by atoms with Gasteiger partial charge in [-0.2, -0.15) is 0 Å². The molecule has 0 amide bonds. The summed E-state index contributed by atoms with van der Waals surface area (Å²) in [6.45, 7) is 4.69. The zero-order chi connectivity index (χ0) is 13.0. The molecule has 0 saturated carbocycles. The van der Waals surface area contributed by atoms with Crippen molar-refractivity contribution < 1.29 is 0 Å². The van der Waals surface area contributed by atoms with Gasteiger partial charge in [0.05, 0.1) is 0 Å². The molecule has 1 heteroatoms. The molecular weight excluding hydrogens is 232 g/mol. The Labute approximate surface area is 111 Å². The summed E-state index contributed by atoms with van der Waals surface area (Å²) in [4.78, 5) is 0. The summed E-state index contributed by atoms with van der Waals surface area (Å²) in [6, 6.07) is 21.1. The predicted octanol–water partition coefficient (Wildman–Crippen LogP) is 3.56. The van der Waals surface area contributed by atoms with Crippen LogP contribution < -0.4 is 5.19 Å². The third-order valence-electron chi connectivity index (χ3n) is 3.54. The van der Waals surface area contributed by atoms with Crippen LogP contribution in [-0.4, -0.2) is 8.07 Å². The first-order valence-electron chi connectivity index (χ1n) is 6.23. The molecule has 0 saturated heterocycles. The average Bonchev–Trinajstić information content (AvgIpc) is 2.41. The first-order valence-corrected chi connectivity index (χ1v) is 9.30. The number of hydrogen-bond acceptors (Lipinski definition) is 0. The molecule has 18 heavy (non-hydrogen) atoms. The van der Waals surface area contributed by atoms with Gasteiger partial charge in [0.25, 0.3) is 0 Å². The highest BCUT2D eigenvalue weighted by molar-refractivity contribution is 6.91. The lowest BCUT2D eigenvalue weighted by Crippen LogP contribution is -2.47. The highest BCUT2D eigenvalue weighted by Crippen LogP contribution is 2.26. The molecule has 0 radical (unpaired) electrons. The van der Waals surface area contributed by atoms with Crippen LogP contribution in [0.4, 0.5) is 0 Å². The standard InChI is InChI=1S/C17H18Si/c1-4-17(15-11-7-5-8-12-15)18(2,3)16-13-9-6-10-14-16/h1,5-14,17H,2-3H3. The third kappa shape index (κ3) is 2.39. The van der Waals surface area contributed by atoms with Crippen molar-refractivity contribution in [2.75, 3.05) is 0 Å². The number of terminal acetylenes is 1. The Morgan fingerprint density at radius 2 is 1.39 bits per heavy atom. The minimum atomic E-state index is -1.69. The second-order valence-electron chi connectivity index (χ2n) is 5.10. The second-order valence-corrected chi connectivity index (χ2v) is 9.70. The highest BCUT2D eigenvalue weighted by Gasteiger charge is 2.33. The highest BCUT2D eigenvalue weighted by atomic mass is 28.3. The van der Waals surface area contributed by atoms with Gasteiger partial charge >= 0.3 is 0 Å². The van der Waals surface area contributed by atoms with Crippen LogP contribution in [0, 0.1) is 12.3 Å². The molecule has 2 aromatic carbocycles. The summed E-state index contributed by atoms with van der Waals surface area (Å²) in [6.07, 6.45) is 5.81. The molecule has 0 heterocycles. The van der Waals surface area contributed by atoms with Crippen molar-refractivity contribution in [1.29, 1.82) is 0 Å². The molecule has 2 rings (SSSR count). The van der Waals surface area contributed by atoms with Gasteiger partial charge < -0.3 is 0 Å². The summed E-state index contributed by atoms with van der Waals surface area (Å²) >= 11 is 0. The Balaban J connectivity index is 2.43. The summed E-state index contributed by atoms with van der Waals surface area (Å²) in [5.74, 6) is 3.02. The van der Waals surface area contributed by atoms with Crippen LogP contribution in [0.15, 0.2) is 60.7 Å². The van der Waals surface area contributed by atoms with Crippen LogP contribution >= 0.6 is 0 Å². The van der Waals surface area contributed by atoms with Crippen molar-refractivity contribution in [1.82, 2.24) is 0 Å². The summed E-state index contributed by atoms with van der Waals surface area (Å²) < 4.78 is 0. The van der Waals surface area contributed by atoms with Gasteiger partial charge in [-0.3, -0.25) is 0 Å². The summed E-state index contributed by atoms with van der Waals surface area (Å²) in [5.41, 5.74) is 1.49. The van der Waals surface area contributed by atoms with Crippen LogP contribution in [0.2, 0.25) is 13.1 Å². The van der Waals surface area contributed by atoms with E-state index >= 15 is 0 Å². The van der Waals surface area contributed by atoms with E-state index in [0.29, 0.717) is 0 Å². The monoisotopic (exact) mass is 250 g/mol. The van der Waals surface area contributed by atoms with Gasteiger partial charge in [0.2, 0.25) is 0 Å². The molecule has 2 aromatic rings. The fraction of sp³-hybridized carbons (Fsp3) is 0.176. The Morgan fingerprint density at radius 3 is 1.89 bits per heavy atom. The van der Waals surface area contributed by atoms with Gasteiger partial charge in [-0.25, -0.2) is 0 Å². The lowest BCUT2D eigenvalue weighted by Gasteiger charge is -2.29. The van der Waals surface area contributed by atoms with Crippen molar-refractivity contribution in [2.24, 2.45) is 0 Å². The lowest BCUT2D eigenvalue weighted by atomic mass is 10.1. The van der Waals surface area contributed by atoms with Gasteiger partial charge in [0, 0.05) is 5.54 Å². The minimum absolute atomic E-state index is 0.223. The molecular formula is C17H18Si. The molecule has 0 spiro atoms. The maximum absolute atomic E-state index is 5.81. The fourth-order valence-electron chi connectivity index (χ4n) is 2.40. The first kappa shape index (κ1) is 12.7. The summed E-state index contributed by atoms with van der Waals surface area (Å²) in [5, 5.41) is 1.41. The number of rotatable bonds is 3. The Bertz CT molecular complexity index is 535. The molecule has 0 nitrogen and oxygen atoms in total. The van der Waals surface area contributed by atoms with E-state index < -0.39 is 8.07 Å². The zero-order valence-electron chi connectivity index (χ0n) is 10.9. The van der Waals surface area contributed by atoms with E-state index in [1.807, 2.05) is 6.07 Å². The SMILES string of the molecule is C#CC(c1ccccc1)[Si](C)(C)c1ccccc1. The van der Waals surface area contributed by atoms with E-state index in [4.69, 9.17) is 6.42 Å². The van der Waals surface area contributed by atoms with Crippen molar-refractivity contribution in [3.8, 4) is 12.3 Å². The minimum Gasteiger partial charge on any atom is -0.120 e. The molecule has 0 aromatic heterocycles. The molecule has 0 aliphatic carbocycles. The fourth-order valence-corrected chi connectivity index (χ4v) is 5.23. The van der Waals surface area contributed by atoms with Gasteiger partial charge in [0.15, 0.2) is 0 Å².